The molecule has 1 atom stereocenters. The lowest BCUT2D eigenvalue weighted by atomic mass is 9.97. The quantitative estimate of drug-likeness (QED) is 0.162. The first kappa shape index (κ1) is 35.7. The zero-order chi connectivity index (χ0) is 35.1. The minimum Gasteiger partial charge on any atom is -0.373 e. The zero-order valence-electron chi connectivity index (χ0n) is 26.1. The standard InChI is InChI=1S/C33H32Cl3F4N5O3/c1-17-8-10-45(11-9-17)26-15-27-25(13-21(26)30(46)42-19-5-7-24(37)23(35)12-19)43-28(44(27)3)14-20-22(34)6-4-18(29(20)36)16-41-31(47)32(2,48)33(38,39)40/h4-7,12-13,15,17,48H,8-11,14,16H2,1-3H3,(H,41,47)(H,42,46)/t32-/m0/s1. The minimum atomic E-state index is -5.17. The third-order valence-corrected chi connectivity index (χ3v) is 9.79. The molecule has 0 saturated carbocycles. The number of carbonyl (C=O) groups is 2. The summed E-state index contributed by atoms with van der Waals surface area (Å²) in [5.41, 5.74) is -0.253. The van der Waals surface area contributed by atoms with Crippen LogP contribution in [0.2, 0.25) is 15.1 Å². The van der Waals surface area contributed by atoms with Gasteiger partial charge >= 0.3 is 6.18 Å². The number of amides is 2. The maximum Gasteiger partial charge on any atom is 0.426 e. The molecule has 2 heterocycles. The van der Waals surface area contributed by atoms with Gasteiger partial charge in [-0.3, -0.25) is 9.59 Å². The molecular formula is C33H32Cl3F4N5O3. The van der Waals surface area contributed by atoms with Gasteiger partial charge in [0.05, 0.1) is 32.3 Å². The summed E-state index contributed by atoms with van der Waals surface area (Å²) in [7, 11) is 1.80. The molecule has 3 aromatic carbocycles. The molecule has 256 valence electrons. The lowest BCUT2D eigenvalue weighted by Gasteiger charge is -2.33. The average Bonchev–Trinajstić information content (AvgIpc) is 3.33. The van der Waals surface area contributed by atoms with Crippen LogP contribution in [0.1, 0.15) is 54.0 Å². The molecule has 0 radical (unpaired) electrons. The van der Waals surface area contributed by atoms with Crippen LogP contribution in [0, 0.1) is 11.7 Å². The number of aliphatic hydroxyl groups is 1. The maximum atomic E-state index is 13.8. The molecule has 2 amide bonds. The molecule has 1 fully saturated rings. The molecule has 3 N–H and O–H groups in total. The van der Waals surface area contributed by atoms with Crippen molar-refractivity contribution in [2.45, 2.75) is 51.4 Å². The first-order valence-corrected chi connectivity index (χ1v) is 16.1. The van der Waals surface area contributed by atoms with E-state index in [1.807, 2.05) is 10.6 Å². The fourth-order valence-electron chi connectivity index (χ4n) is 5.48. The van der Waals surface area contributed by atoms with Crippen LogP contribution in [0.25, 0.3) is 11.0 Å². The van der Waals surface area contributed by atoms with Gasteiger partial charge in [0.25, 0.3) is 11.8 Å². The Kier molecular flexibility index (Phi) is 10.2. The minimum absolute atomic E-state index is 0.108. The highest BCUT2D eigenvalue weighted by Gasteiger charge is 2.55. The molecule has 0 unspecified atom stereocenters. The second kappa shape index (κ2) is 13.7. The van der Waals surface area contributed by atoms with E-state index in [0.717, 1.165) is 31.4 Å². The summed E-state index contributed by atoms with van der Waals surface area (Å²) < 4.78 is 54.9. The first-order valence-electron chi connectivity index (χ1n) is 15.0. The summed E-state index contributed by atoms with van der Waals surface area (Å²) >= 11 is 19.1. The highest BCUT2D eigenvalue weighted by atomic mass is 35.5. The van der Waals surface area contributed by atoms with Gasteiger partial charge < -0.3 is 25.2 Å². The number of nitrogens with zero attached hydrogens (tertiary/aromatic N) is 3. The third-order valence-electron chi connectivity index (χ3n) is 8.67. The molecule has 1 aromatic heterocycles. The van der Waals surface area contributed by atoms with Gasteiger partial charge in [0.15, 0.2) is 0 Å². The van der Waals surface area contributed by atoms with Gasteiger partial charge in [0.1, 0.15) is 11.6 Å². The van der Waals surface area contributed by atoms with E-state index in [4.69, 9.17) is 39.8 Å². The summed E-state index contributed by atoms with van der Waals surface area (Å²) in [6.07, 6.45) is -3.17. The third kappa shape index (κ3) is 7.22. The van der Waals surface area contributed by atoms with Crippen LogP contribution in [0.4, 0.5) is 28.9 Å². The number of benzene rings is 3. The molecule has 1 saturated heterocycles. The van der Waals surface area contributed by atoms with Crippen LogP contribution in [0.5, 0.6) is 0 Å². The molecule has 0 spiro atoms. The second-order valence-corrected chi connectivity index (χ2v) is 13.3. The van der Waals surface area contributed by atoms with Crippen LogP contribution >= 0.6 is 34.8 Å². The van der Waals surface area contributed by atoms with Gasteiger partial charge in [-0.15, -0.1) is 0 Å². The van der Waals surface area contributed by atoms with Gasteiger partial charge in [-0.1, -0.05) is 47.8 Å². The van der Waals surface area contributed by atoms with Gasteiger partial charge in [0.2, 0.25) is 5.60 Å². The van der Waals surface area contributed by atoms with Crippen LogP contribution in [0.15, 0.2) is 42.5 Å². The Balaban J connectivity index is 1.48. The highest BCUT2D eigenvalue weighted by Crippen LogP contribution is 2.35. The molecule has 1 aliphatic rings. The number of hydrogen-bond donors (Lipinski definition) is 3. The number of carbonyl (C=O) groups excluding carboxylic acids is 2. The molecule has 4 aromatic rings. The van der Waals surface area contributed by atoms with Crippen LogP contribution in [0.3, 0.4) is 0 Å². The zero-order valence-corrected chi connectivity index (χ0v) is 28.4. The maximum absolute atomic E-state index is 13.8. The van der Waals surface area contributed by atoms with E-state index in [0.29, 0.717) is 46.7 Å². The van der Waals surface area contributed by atoms with Crippen molar-refractivity contribution in [2.75, 3.05) is 23.3 Å². The van der Waals surface area contributed by atoms with Crippen molar-refractivity contribution >= 4 is 69.0 Å². The van der Waals surface area contributed by atoms with Gasteiger partial charge in [-0.25, -0.2) is 9.37 Å². The van der Waals surface area contributed by atoms with Crippen LogP contribution in [-0.2, 0) is 24.8 Å². The first-order chi connectivity index (χ1) is 22.5. The average molecular weight is 729 g/mol. The SMILES string of the molecule is CC1CCN(c2cc3c(cc2C(=O)Nc2ccc(F)c(Cl)c2)nc(Cc2c(Cl)ccc(CNC(=O)[C@](C)(O)C(F)(F)F)c2Cl)n3C)CC1. The lowest BCUT2D eigenvalue weighted by Crippen LogP contribution is -2.54. The van der Waals surface area contributed by atoms with Gasteiger partial charge in [-0.05, 0) is 73.2 Å². The number of halogens is 7. The van der Waals surface area contributed by atoms with Crippen molar-refractivity contribution in [1.82, 2.24) is 14.9 Å². The normalized spacial score (nSPS) is 15.4. The lowest BCUT2D eigenvalue weighted by molar-refractivity contribution is -0.245. The second-order valence-electron chi connectivity index (χ2n) is 12.1. The number of fused-ring (bicyclic) bond motifs is 1. The van der Waals surface area contributed by atoms with Crippen molar-refractivity contribution < 1.29 is 32.3 Å². The molecule has 15 heteroatoms. The molecule has 8 nitrogen and oxygen atoms in total. The monoisotopic (exact) mass is 727 g/mol. The Morgan fingerprint density at radius 3 is 2.38 bits per heavy atom. The van der Waals surface area contributed by atoms with E-state index in [-0.39, 0.29) is 27.1 Å². The number of aromatic nitrogens is 2. The van der Waals surface area contributed by atoms with E-state index < -0.39 is 36.0 Å². The summed E-state index contributed by atoms with van der Waals surface area (Å²) in [5.74, 6) is -1.59. The number of aryl methyl sites for hydroxylation is 1. The molecule has 48 heavy (non-hydrogen) atoms. The number of hydrogen-bond acceptors (Lipinski definition) is 5. The number of imidazole rings is 1. The van der Waals surface area contributed by atoms with Gasteiger partial charge in [-0.2, -0.15) is 13.2 Å². The van der Waals surface area contributed by atoms with Crippen molar-refractivity contribution in [1.29, 1.82) is 0 Å². The molecule has 1 aliphatic heterocycles. The van der Waals surface area contributed by atoms with E-state index in [9.17, 15) is 32.3 Å². The van der Waals surface area contributed by atoms with Crippen LogP contribution in [-0.4, -0.2) is 51.3 Å². The van der Waals surface area contributed by atoms with Crippen molar-refractivity contribution in [3.63, 3.8) is 0 Å². The summed E-state index contributed by atoms with van der Waals surface area (Å²) in [4.78, 5) is 32.7. The largest absolute Gasteiger partial charge is 0.426 e. The number of rotatable bonds is 8. The highest BCUT2D eigenvalue weighted by molar-refractivity contribution is 6.36. The fourth-order valence-corrected chi connectivity index (χ4v) is 6.23. The van der Waals surface area contributed by atoms with Crippen molar-refractivity contribution in [3.8, 4) is 0 Å². The van der Waals surface area contributed by atoms with E-state index in [1.54, 1.807) is 13.1 Å². The summed E-state index contributed by atoms with van der Waals surface area (Å²) in [6.45, 7) is 3.64. The number of anilines is 2. The predicted octanol–water partition coefficient (Wildman–Crippen LogP) is 7.68. The van der Waals surface area contributed by atoms with E-state index >= 15 is 0 Å². The molecular weight excluding hydrogens is 697 g/mol. The Morgan fingerprint density at radius 1 is 1.04 bits per heavy atom. The summed E-state index contributed by atoms with van der Waals surface area (Å²) in [6, 6.07) is 10.5. The predicted molar refractivity (Wildman–Crippen MR) is 178 cm³/mol. The Morgan fingerprint density at radius 2 is 1.73 bits per heavy atom. The smallest absolute Gasteiger partial charge is 0.373 e. The number of alkyl halides is 3. The topological polar surface area (TPSA) is 99.5 Å². The van der Waals surface area contributed by atoms with Gasteiger partial charge in [0, 0.05) is 43.8 Å². The van der Waals surface area contributed by atoms with Crippen molar-refractivity contribution in [2.24, 2.45) is 13.0 Å². The van der Waals surface area contributed by atoms with Crippen LogP contribution < -0.4 is 15.5 Å². The number of piperidine rings is 1. The number of nitrogens with one attached hydrogen (secondary N) is 2. The molecule has 0 bridgehead atoms. The Bertz CT molecular complexity index is 1890. The molecule has 5 rings (SSSR count). The van der Waals surface area contributed by atoms with Crippen molar-refractivity contribution in [3.05, 3.63) is 85.9 Å². The Hall–Kier alpha value is -3.58. The summed E-state index contributed by atoms with van der Waals surface area (Å²) in [5, 5.41) is 14.8. The fraction of sp³-hybridized carbons (Fsp3) is 0.364. The Labute approximate surface area is 289 Å². The van der Waals surface area contributed by atoms with E-state index in [1.165, 1.54) is 30.3 Å². The molecule has 0 aliphatic carbocycles. The van der Waals surface area contributed by atoms with E-state index in [2.05, 4.69) is 22.5 Å².